The second-order valence-corrected chi connectivity index (χ2v) is 4.61. The fourth-order valence-corrected chi connectivity index (χ4v) is 1.76. The Morgan fingerprint density at radius 2 is 2.06 bits per heavy atom. The van der Waals surface area contributed by atoms with Crippen LogP contribution in [0.15, 0.2) is 12.1 Å². The maximum atomic E-state index is 11.8. The van der Waals surface area contributed by atoms with E-state index in [0.717, 1.165) is 19.3 Å². The number of hydrogen-bond acceptors (Lipinski definition) is 2. The summed E-state index contributed by atoms with van der Waals surface area (Å²) in [6, 6.07) is 3.05. The molecule has 0 aromatic heterocycles. The highest BCUT2D eigenvalue weighted by Gasteiger charge is 2.10. The predicted octanol–water partition coefficient (Wildman–Crippen LogP) is 3.50. The second kappa shape index (κ2) is 6.72. The van der Waals surface area contributed by atoms with Gasteiger partial charge in [0.15, 0.2) is 0 Å². The standard InChI is InChI=1S/C12H16Cl2N2O/c1-2-3-4-5-16-12(17)8-6-9(13)11(14)10(15)7-8/h6-7H,2-5,15H2,1H3,(H,16,17). The molecule has 1 aromatic carbocycles. The van der Waals surface area contributed by atoms with E-state index in [-0.39, 0.29) is 10.9 Å². The van der Waals surface area contributed by atoms with Gasteiger partial charge in [0.05, 0.1) is 15.7 Å². The van der Waals surface area contributed by atoms with Gasteiger partial charge in [0.2, 0.25) is 0 Å². The van der Waals surface area contributed by atoms with Gasteiger partial charge in [0, 0.05) is 12.1 Å². The Hall–Kier alpha value is -0.930. The molecular weight excluding hydrogens is 259 g/mol. The van der Waals surface area contributed by atoms with E-state index in [4.69, 9.17) is 28.9 Å². The van der Waals surface area contributed by atoms with Crippen molar-refractivity contribution in [2.24, 2.45) is 0 Å². The molecule has 0 saturated carbocycles. The van der Waals surface area contributed by atoms with Crippen LogP contribution in [0.4, 0.5) is 5.69 Å². The van der Waals surface area contributed by atoms with Crippen molar-refractivity contribution in [2.45, 2.75) is 26.2 Å². The smallest absolute Gasteiger partial charge is 0.251 e. The lowest BCUT2D eigenvalue weighted by molar-refractivity contribution is 0.0953. The van der Waals surface area contributed by atoms with E-state index in [2.05, 4.69) is 12.2 Å². The molecule has 3 nitrogen and oxygen atoms in total. The average molecular weight is 275 g/mol. The maximum Gasteiger partial charge on any atom is 0.251 e. The number of carbonyl (C=O) groups is 1. The van der Waals surface area contributed by atoms with E-state index >= 15 is 0 Å². The molecule has 5 heteroatoms. The van der Waals surface area contributed by atoms with Gasteiger partial charge in [-0.3, -0.25) is 4.79 Å². The Morgan fingerprint density at radius 1 is 1.35 bits per heavy atom. The third-order valence-electron chi connectivity index (χ3n) is 2.38. The Balaban J connectivity index is 2.63. The third kappa shape index (κ3) is 4.10. The largest absolute Gasteiger partial charge is 0.397 e. The van der Waals surface area contributed by atoms with Crippen LogP contribution in [0.3, 0.4) is 0 Å². The highest BCUT2D eigenvalue weighted by atomic mass is 35.5. The summed E-state index contributed by atoms with van der Waals surface area (Å²) in [4.78, 5) is 11.8. The Bertz CT molecular complexity index is 384. The fraction of sp³-hybridized carbons (Fsp3) is 0.417. The first-order valence-electron chi connectivity index (χ1n) is 5.59. The lowest BCUT2D eigenvalue weighted by Gasteiger charge is -2.07. The summed E-state index contributed by atoms with van der Waals surface area (Å²) in [6.07, 6.45) is 3.19. The molecule has 0 heterocycles. The summed E-state index contributed by atoms with van der Waals surface area (Å²) >= 11 is 11.7. The molecule has 1 rings (SSSR count). The fourth-order valence-electron chi connectivity index (χ4n) is 1.42. The molecule has 1 aromatic rings. The lowest BCUT2D eigenvalue weighted by Crippen LogP contribution is -2.24. The quantitative estimate of drug-likeness (QED) is 0.638. The molecule has 0 saturated heterocycles. The molecule has 0 radical (unpaired) electrons. The predicted molar refractivity (Wildman–Crippen MR) is 72.7 cm³/mol. The summed E-state index contributed by atoms with van der Waals surface area (Å²) in [5, 5.41) is 3.39. The van der Waals surface area contributed by atoms with Gasteiger partial charge in [-0.1, -0.05) is 43.0 Å². The zero-order chi connectivity index (χ0) is 12.8. The van der Waals surface area contributed by atoms with Crippen molar-refractivity contribution in [2.75, 3.05) is 12.3 Å². The van der Waals surface area contributed by atoms with Crippen molar-refractivity contribution in [3.05, 3.63) is 27.7 Å². The maximum absolute atomic E-state index is 11.8. The minimum absolute atomic E-state index is 0.175. The number of benzene rings is 1. The zero-order valence-electron chi connectivity index (χ0n) is 9.72. The van der Waals surface area contributed by atoms with Gasteiger partial charge >= 0.3 is 0 Å². The monoisotopic (exact) mass is 274 g/mol. The molecule has 0 aliphatic rings. The molecule has 3 N–H and O–H groups in total. The Kier molecular flexibility index (Phi) is 5.59. The van der Waals surface area contributed by atoms with Crippen LogP contribution in [0.25, 0.3) is 0 Å². The SMILES string of the molecule is CCCCCNC(=O)c1cc(N)c(Cl)c(Cl)c1. The topological polar surface area (TPSA) is 55.1 Å². The third-order valence-corrected chi connectivity index (χ3v) is 3.20. The number of nitrogens with one attached hydrogen (secondary N) is 1. The van der Waals surface area contributed by atoms with Gasteiger partial charge in [-0.15, -0.1) is 0 Å². The van der Waals surface area contributed by atoms with Gasteiger partial charge in [-0.05, 0) is 18.6 Å². The van der Waals surface area contributed by atoms with Crippen molar-refractivity contribution >= 4 is 34.8 Å². The van der Waals surface area contributed by atoms with Gasteiger partial charge in [0.25, 0.3) is 5.91 Å². The molecule has 17 heavy (non-hydrogen) atoms. The molecule has 0 unspecified atom stereocenters. The van der Waals surface area contributed by atoms with Gasteiger partial charge in [-0.25, -0.2) is 0 Å². The number of amides is 1. The number of nitrogens with two attached hydrogens (primary N) is 1. The Labute approximate surface area is 111 Å². The molecule has 1 amide bonds. The molecule has 0 atom stereocenters. The first-order chi connectivity index (χ1) is 8.06. The lowest BCUT2D eigenvalue weighted by atomic mass is 10.2. The summed E-state index contributed by atoms with van der Waals surface area (Å²) in [5.41, 5.74) is 6.40. The summed E-state index contributed by atoms with van der Waals surface area (Å²) in [5.74, 6) is -0.175. The number of hydrogen-bond donors (Lipinski definition) is 2. The number of rotatable bonds is 5. The highest BCUT2D eigenvalue weighted by molar-refractivity contribution is 6.43. The number of nitrogen functional groups attached to an aromatic ring is 1. The normalized spacial score (nSPS) is 10.3. The van der Waals surface area contributed by atoms with E-state index in [1.165, 1.54) is 12.1 Å². The molecule has 0 aliphatic carbocycles. The van der Waals surface area contributed by atoms with Crippen molar-refractivity contribution in [3.8, 4) is 0 Å². The molecule has 0 fully saturated rings. The van der Waals surface area contributed by atoms with Crippen LogP contribution in [-0.4, -0.2) is 12.5 Å². The van der Waals surface area contributed by atoms with E-state index in [0.29, 0.717) is 22.8 Å². The van der Waals surface area contributed by atoms with Crippen molar-refractivity contribution in [1.82, 2.24) is 5.32 Å². The van der Waals surface area contributed by atoms with Crippen molar-refractivity contribution in [1.29, 1.82) is 0 Å². The number of anilines is 1. The molecule has 0 aliphatic heterocycles. The van der Waals surface area contributed by atoms with Gasteiger partial charge in [0.1, 0.15) is 0 Å². The summed E-state index contributed by atoms with van der Waals surface area (Å²) in [7, 11) is 0. The average Bonchev–Trinajstić information content (AvgIpc) is 2.30. The molecule has 0 spiro atoms. The van der Waals surface area contributed by atoms with Crippen LogP contribution in [0, 0.1) is 0 Å². The second-order valence-electron chi connectivity index (χ2n) is 3.82. The molecule has 94 valence electrons. The van der Waals surface area contributed by atoms with E-state index in [1.807, 2.05) is 0 Å². The molecular formula is C12H16Cl2N2O. The first kappa shape index (κ1) is 14.1. The minimum atomic E-state index is -0.175. The Morgan fingerprint density at radius 3 is 2.65 bits per heavy atom. The highest BCUT2D eigenvalue weighted by Crippen LogP contribution is 2.29. The van der Waals surface area contributed by atoms with E-state index in [1.54, 1.807) is 0 Å². The minimum Gasteiger partial charge on any atom is -0.397 e. The van der Waals surface area contributed by atoms with Crippen LogP contribution in [0.2, 0.25) is 10.0 Å². The van der Waals surface area contributed by atoms with Crippen molar-refractivity contribution < 1.29 is 4.79 Å². The van der Waals surface area contributed by atoms with Crippen LogP contribution < -0.4 is 11.1 Å². The summed E-state index contributed by atoms with van der Waals surface area (Å²) < 4.78 is 0. The first-order valence-corrected chi connectivity index (χ1v) is 6.34. The van der Waals surface area contributed by atoms with Crippen molar-refractivity contribution in [3.63, 3.8) is 0 Å². The summed E-state index contributed by atoms with van der Waals surface area (Å²) in [6.45, 7) is 2.77. The van der Waals surface area contributed by atoms with Crippen LogP contribution >= 0.6 is 23.2 Å². The van der Waals surface area contributed by atoms with Crippen LogP contribution in [0.1, 0.15) is 36.5 Å². The van der Waals surface area contributed by atoms with Crippen LogP contribution in [-0.2, 0) is 0 Å². The van der Waals surface area contributed by atoms with Gasteiger partial charge < -0.3 is 11.1 Å². The number of unbranched alkanes of at least 4 members (excludes halogenated alkanes) is 2. The molecule has 0 bridgehead atoms. The van der Waals surface area contributed by atoms with Gasteiger partial charge in [-0.2, -0.15) is 0 Å². The van der Waals surface area contributed by atoms with E-state index in [9.17, 15) is 4.79 Å². The zero-order valence-corrected chi connectivity index (χ0v) is 11.2. The number of halogens is 2. The number of carbonyl (C=O) groups excluding carboxylic acids is 1. The van der Waals surface area contributed by atoms with Crippen LogP contribution in [0.5, 0.6) is 0 Å². The van der Waals surface area contributed by atoms with E-state index < -0.39 is 0 Å².